The zero-order valence-corrected chi connectivity index (χ0v) is 19.5. The summed E-state index contributed by atoms with van der Waals surface area (Å²) in [6, 6.07) is 10.8. The molecule has 1 unspecified atom stereocenters. The van der Waals surface area contributed by atoms with Crippen LogP contribution < -0.4 is 13.7 Å². The second-order valence-electron chi connectivity index (χ2n) is 7.90. The maximum Gasteiger partial charge on any atom is 0.184 e. The van der Waals surface area contributed by atoms with Crippen molar-refractivity contribution in [3.8, 4) is 17.2 Å². The Bertz CT molecular complexity index is 1080. The number of halogens is 1. The van der Waals surface area contributed by atoms with Crippen molar-refractivity contribution in [3.63, 3.8) is 0 Å². The third-order valence-electron chi connectivity index (χ3n) is 5.99. The van der Waals surface area contributed by atoms with Gasteiger partial charge in [0.1, 0.15) is 11.6 Å². The van der Waals surface area contributed by atoms with Gasteiger partial charge < -0.3 is 13.7 Å². The quantitative estimate of drug-likeness (QED) is 0.361. The van der Waals surface area contributed by atoms with Crippen molar-refractivity contribution in [2.45, 2.75) is 32.4 Å². The fraction of sp³-hybridized carbons (Fsp3) is 0.308. The molecule has 4 nitrogen and oxygen atoms in total. The van der Waals surface area contributed by atoms with Crippen LogP contribution in [0.1, 0.15) is 35.2 Å². The second kappa shape index (κ2) is 9.84. The van der Waals surface area contributed by atoms with Crippen LogP contribution in [-0.2, 0) is 19.4 Å². The highest BCUT2D eigenvalue weighted by molar-refractivity contribution is 7.99. The molecule has 0 saturated carbocycles. The van der Waals surface area contributed by atoms with Crippen molar-refractivity contribution in [2.24, 2.45) is 0 Å². The standard InChI is InChI=1S/C26H28FNO3S/c1-5-6-21(13-17(2)27)32-31-26-23-16-28-12-11-19-14-20(29-3)8-9-22(19)24(28)15-18(23)7-10-25(26)30-4/h5-10,13-14,24H,2,11-12,15-16H2,1,3-4H3/b6-5?,21-13+. The first-order chi connectivity index (χ1) is 15.5. The molecular weight excluding hydrogens is 425 g/mol. The smallest absolute Gasteiger partial charge is 0.184 e. The Morgan fingerprint density at radius 1 is 1.19 bits per heavy atom. The van der Waals surface area contributed by atoms with Gasteiger partial charge in [-0.25, -0.2) is 4.39 Å². The molecule has 0 aromatic heterocycles. The van der Waals surface area contributed by atoms with Gasteiger partial charge in [0.2, 0.25) is 0 Å². The van der Waals surface area contributed by atoms with E-state index in [-0.39, 0.29) is 0 Å². The Morgan fingerprint density at radius 3 is 2.75 bits per heavy atom. The van der Waals surface area contributed by atoms with E-state index in [0.29, 0.717) is 22.4 Å². The number of benzene rings is 2. The molecular formula is C26H28FNO3S. The van der Waals surface area contributed by atoms with Crippen LogP contribution in [-0.4, -0.2) is 25.7 Å². The van der Waals surface area contributed by atoms with Crippen molar-refractivity contribution < 1.29 is 18.0 Å². The van der Waals surface area contributed by atoms with Gasteiger partial charge in [0.15, 0.2) is 11.5 Å². The average molecular weight is 454 g/mol. The maximum absolute atomic E-state index is 13.4. The fourth-order valence-electron chi connectivity index (χ4n) is 4.48. The Labute approximate surface area is 193 Å². The molecule has 0 bridgehead atoms. The Balaban J connectivity index is 1.65. The first-order valence-corrected chi connectivity index (χ1v) is 11.4. The molecule has 0 fully saturated rings. The van der Waals surface area contributed by atoms with Crippen LogP contribution in [0.3, 0.4) is 0 Å². The number of hydrogen-bond acceptors (Lipinski definition) is 5. The molecule has 2 heterocycles. The van der Waals surface area contributed by atoms with Gasteiger partial charge >= 0.3 is 0 Å². The number of allylic oxidation sites excluding steroid dienone is 4. The molecule has 0 radical (unpaired) electrons. The summed E-state index contributed by atoms with van der Waals surface area (Å²) in [7, 11) is 3.35. The van der Waals surface area contributed by atoms with E-state index in [9.17, 15) is 4.39 Å². The maximum atomic E-state index is 13.4. The van der Waals surface area contributed by atoms with Crippen LogP contribution in [0.25, 0.3) is 0 Å². The molecule has 2 aromatic rings. The highest BCUT2D eigenvalue weighted by Crippen LogP contribution is 2.45. The molecule has 4 rings (SSSR count). The zero-order chi connectivity index (χ0) is 22.7. The zero-order valence-electron chi connectivity index (χ0n) is 18.7. The Morgan fingerprint density at radius 2 is 2.03 bits per heavy atom. The van der Waals surface area contributed by atoms with Crippen LogP contribution in [0.4, 0.5) is 4.39 Å². The molecule has 0 spiro atoms. The minimum atomic E-state index is -0.511. The molecule has 2 aromatic carbocycles. The molecule has 0 amide bonds. The van der Waals surface area contributed by atoms with E-state index in [2.05, 4.69) is 29.7 Å². The summed E-state index contributed by atoms with van der Waals surface area (Å²) in [6.07, 6.45) is 6.88. The summed E-state index contributed by atoms with van der Waals surface area (Å²) >= 11 is 1.11. The third-order valence-corrected chi connectivity index (χ3v) is 6.68. The molecule has 0 N–H and O–H groups in total. The highest BCUT2D eigenvalue weighted by atomic mass is 32.2. The summed E-state index contributed by atoms with van der Waals surface area (Å²) in [5, 5.41) is 0. The van der Waals surface area contributed by atoms with Crippen molar-refractivity contribution in [3.05, 3.63) is 88.1 Å². The lowest BCUT2D eigenvalue weighted by atomic mass is 9.83. The van der Waals surface area contributed by atoms with E-state index >= 15 is 0 Å². The number of methoxy groups -OCH3 is 2. The van der Waals surface area contributed by atoms with Crippen LogP contribution in [0.15, 0.2) is 65.9 Å². The number of hydrogen-bond donors (Lipinski definition) is 0. The second-order valence-corrected chi connectivity index (χ2v) is 8.70. The molecule has 0 saturated heterocycles. The first-order valence-electron chi connectivity index (χ1n) is 10.7. The van der Waals surface area contributed by atoms with Crippen molar-refractivity contribution >= 4 is 12.0 Å². The lowest BCUT2D eigenvalue weighted by molar-refractivity contribution is 0.159. The molecule has 1 atom stereocenters. The van der Waals surface area contributed by atoms with Crippen molar-refractivity contribution in [1.82, 2.24) is 4.90 Å². The van der Waals surface area contributed by atoms with Crippen molar-refractivity contribution in [1.29, 1.82) is 0 Å². The molecule has 2 aliphatic rings. The van der Waals surface area contributed by atoms with Gasteiger partial charge in [-0.3, -0.25) is 4.90 Å². The van der Waals surface area contributed by atoms with Gasteiger partial charge in [-0.15, -0.1) is 0 Å². The molecule has 6 heteroatoms. The topological polar surface area (TPSA) is 30.9 Å². The van der Waals surface area contributed by atoms with Gasteiger partial charge in [0.05, 0.1) is 31.2 Å². The molecule has 0 aliphatic carbocycles. The van der Waals surface area contributed by atoms with Gasteiger partial charge in [0, 0.05) is 24.7 Å². The number of nitrogens with zero attached hydrogens (tertiary/aromatic N) is 1. The SMILES string of the molecule is C=C(F)/C=C(\C=CC)SOc1c(OC)ccc2c1CN1CCc3cc(OC)ccc3C1C2. The summed E-state index contributed by atoms with van der Waals surface area (Å²) in [6.45, 7) is 6.95. The summed E-state index contributed by atoms with van der Waals surface area (Å²) in [5.74, 6) is 1.78. The van der Waals surface area contributed by atoms with Crippen molar-refractivity contribution in [2.75, 3.05) is 20.8 Å². The van der Waals surface area contributed by atoms with E-state index in [1.807, 2.05) is 25.1 Å². The summed E-state index contributed by atoms with van der Waals surface area (Å²) < 4.78 is 30.5. The summed E-state index contributed by atoms with van der Waals surface area (Å²) in [5.41, 5.74) is 5.11. The van der Waals surface area contributed by atoms with E-state index < -0.39 is 5.83 Å². The predicted octanol–water partition coefficient (Wildman–Crippen LogP) is 6.33. The molecule has 32 heavy (non-hydrogen) atoms. The van der Waals surface area contributed by atoms with Crippen LogP contribution in [0.5, 0.6) is 17.2 Å². The predicted molar refractivity (Wildman–Crippen MR) is 128 cm³/mol. The minimum absolute atomic E-state index is 0.333. The van der Waals surface area contributed by atoms with Gasteiger partial charge in [0.25, 0.3) is 0 Å². The van der Waals surface area contributed by atoms with Gasteiger partial charge in [-0.1, -0.05) is 24.8 Å². The van der Waals surface area contributed by atoms with E-state index in [0.717, 1.165) is 49.3 Å². The van der Waals surface area contributed by atoms with Crippen LogP contribution in [0.2, 0.25) is 0 Å². The van der Waals surface area contributed by atoms with Gasteiger partial charge in [-0.05, 0) is 66.8 Å². The number of ether oxygens (including phenoxy) is 2. The van der Waals surface area contributed by atoms with Crippen LogP contribution in [0, 0.1) is 0 Å². The number of rotatable bonds is 7. The normalized spacial score (nSPS) is 18.0. The van der Waals surface area contributed by atoms with Gasteiger partial charge in [-0.2, -0.15) is 0 Å². The Hall–Kier alpha value is -2.70. The minimum Gasteiger partial charge on any atom is -0.497 e. The third kappa shape index (κ3) is 4.57. The lowest BCUT2D eigenvalue weighted by Gasteiger charge is -2.42. The summed E-state index contributed by atoms with van der Waals surface area (Å²) in [4.78, 5) is 3.13. The fourth-order valence-corrected chi connectivity index (χ4v) is 5.21. The highest BCUT2D eigenvalue weighted by Gasteiger charge is 2.34. The Kier molecular flexibility index (Phi) is 6.92. The average Bonchev–Trinajstić information content (AvgIpc) is 2.80. The van der Waals surface area contributed by atoms with E-state index in [1.165, 1.54) is 22.8 Å². The van der Waals surface area contributed by atoms with E-state index in [4.69, 9.17) is 13.7 Å². The molecule has 168 valence electrons. The first kappa shape index (κ1) is 22.5. The monoisotopic (exact) mass is 453 g/mol. The number of fused-ring (bicyclic) bond motifs is 4. The van der Waals surface area contributed by atoms with E-state index in [1.54, 1.807) is 20.3 Å². The largest absolute Gasteiger partial charge is 0.497 e. The van der Waals surface area contributed by atoms with Crippen LogP contribution >= 0.6 is 12.0 Å². The lowest BCUT2D eigenvalue weighted by Crippen LogP contribution is -2.39. The molecule has 2 aliphatic heterocycles.